The minimum atomic E-state index is 0.231. The monoisotopic (exact) mass is 490 g/mol. The van der Waals surface area contributed by atoms with Gasteiger partial charge in [0.15, 0.2) is 0 Å². The molecule has 0 spiro atoms. The third-order valence-corrected chi connectivity index (χ3v) is 7.15. The summed E-state index contributed by atoms with van der Waals surface area (Å²) in [6.45, 7) is 8.76. The highest BCUT2D eigenvalue weighted by Gasteiger charge is 2.16. The Balaban J connectivity index is 1.53. The summed E-state index contributed by atoms with van der Waals surface area (Å²) in [5, 5.41) is 2.24. The first-order chi connectivity index (χ1) is 17.9. The lowest BCUT2D eigenvalue weighted by molar-refractivity contribution is 0.397. The number of hydrogen-bond donors (Lipinski definition) is 0. The lowest BCUT2D eigenvalue weighted by Crippen LogP contribution is -2.04. The second kappa shape index (κ2) is 10.2. The van der Waals surface area contributed by atoms with Gasteiger partial charge in [0.25, 0.3) is 0 Å². The number of ether oxygens (including phenoxy) is 2. The topological polar surface area (TPSA) is 44.2 Å². The zero-order chi connectivity index (χ0) is 26.1. The third kappa shape index (κ3) is 4.89. The van der Waals surface area contributed by atoms with Gasteiger partial charge in [-0.05, 0) is 65.8 Å². The summed E-state index contributed by atoms with van der Waals surface area (Å²) >= 11 is 0. The van der Waals surface area contributed by atoms with E-state index in [1.807, 2.05) is 12.1 Å². The number of benzene rings is 3. The van der Waals surface area contributed by atoms with Crippen LogP contribution in [0.3, 0.4) is 0 Å². The van der Waals surface area contributed by atoms with Gasteiger partial charge in [-0.25, -0.2) is 4.98 Å². The molecule has 2 heterocycles. The Labute approximate surface area is 219 Å². The van der Waals surface area contributed by atoms with Crippen LogP contribution >= 0.6 is 0 Å². The van der Waals surface area contributed by atoms with Crippen LogP contribution in [0.2, 0.25) is 0 Å². The van der Waals surface area contributed by atoms with Gasteiger partial charge in [-0.2, -0.15) is 0 Å². The summed E-state index contributed by atoms with van der Waals surface area (Å²) in [6.07, 6.45) is 0.876. The van der Waals surface area contributed by atoms with E-state index in [1.165, 1.54) is 27.6 Å². The minimum absolute atomic E-state index is 0.231. The summed E-state index contributed by atoms with van der Waals surface area (Å²) < 4.78 is 11.1. The highest BCUT2D eigenvalue weighted by atomic mass is 16.5. The maximum absolute atomic E-state index is 5.65. The van der Waals surface area contributed by atoms with Crippen molar-refractivity contribution in [3.63, 3.8) is 0 Å². The predicted molar refractivity (Wildman–Crippen MR) is 153 cm³/mol. The molecule has 0 aliphatic heterocycles. The SMILES string of the molecule is COc1cc(OC)c2nc([C@H](C)Cc3ccc4c(-c5ccccc5)cc(C(C)C)nc4c3)cc(C)c2c1. The van der Waals surface area contributed by atoms with E-state index in [0.717, 1.165) is 45.7 Å². The average molecular weight is 491 g/mol. The van der Waals surface area contributed by atoms with Crippen LogP contribution < -0.4 is 9.47 Å². The van der Waals surface area contributed by atoms with Crippen molar-refractivity contribution in [1.29, 1.82) is 0 Å². The molecule has 0 fully saturated rings. The first-order valence-electron chi connectivity index (χ1n) is 12.9. The molecule has 2 aromatic heterocycles. The summed E-state index contributed by atoms with van der Waals surface area (Å²) in [4.78, 5) is 10.1. The number of aryl methyl sites for hydroxylation is 1. The molecular formula is C33H34N2O2. The summed E-state index contributed by atoms with van der Waals surface area (Å²) in [7, 11) is 3.35. The van der Waals surface area contributed by atoms with Gasteiger partial charge in [-0.15, -0.1) is 0 Å². The highest BCUT2D eigenvalue weighted by Crippen LogP contribution is 2.35. The maximum Gasteiger partial charge on any atom is 0.148 e. The van der Waals surface area contributed by atoms with Crippen molar-refractivity contribution in [2.75, 3.05) is 14.2 Å². The summed E-state index contributed by atoms with van der Waals surface area (Å²) in [6, 6.07) is 25.7. The minimum Gasteiger partial charge on any atom is -0.497 e. The number of nitrogens with zero attached hydrogens (tertiary/aromatic N) is 2. The van der Waals surface area contributed by atoms with Crippen molar-refractivity contribution < 1.29 is 9.47 Å². The highest BCUT2D eigenvalue weighted by molar-refractivity contribution is 5.95. The average Bonchev–Trinajstić information content (AvgIpc) is 2.92. The van der Waals surface area contributed by atoms with E-state index in [-0.39, 0.29) is 5.92 Å². The van der Waals surface area contributed by atoms with E-state index in [2.05, 4.69) is 88.4 Å². The van der Waals surface area contributed by atoms with Crippen molar-refractivity contribution in [2.45, 2.75) is 46.0 Å². The molecule has 0 N–H and O–H groups in total. The fourth-order valence-electron chi connectivity index (χ4n) is 5.02. The van der Waals surface area contributed by atoms with E-state index >= 15 is 0 Å². The van der Waals surface area contributed by atoms with E-state index in [1.54, 1.807) is 14.2 Å². The first-order valence-corrected chi connectivity index (χ1v) is 12.9. The molecule has 37 heavy (non-hydrogen) atoms. The number of pyridine rings is 2. The largest absolute Gasteiger partial charge is 0.497 e. The lowest BCUT2D eigenvalue weighted by Gasteiger charge is -2.17. The fourth-order valence-corrected chi connectivity index (χ4v) is 5.02. The van der Waals surface area contributed by atoms with E-state index in [9.17, 15) is 0 Å². The van der Waals surface area contributed by atoms with E-state index in [0.29, 0.717) is 5.92 Å². The van der Waals surface area contributed by atoms with Gasteiger partial charge in [-0.3, -0.25) is 4.98 Å². The molecular weight excluding hydrogens is 456 g/mol. The van der Waals surface area contributed by atoms with Crippen LogP contribution in [0.4, 0.5) is 0 Å². The Bertz CT molecular complexity index is 1580. The third-order valence-electron chi connectivity index (χ3n) is 7.15. The lowest BCUT2D eigenvalue weighted by atomic mass is 9.93. The van der Waals surface area contributed by atoms with Crippen LogP contribution in [0.1, 0.15) is 55.1 Å². The van der Waals surface area contributed by atoms with Crippen LogP contribution in [-0.2, 0) is 6.42 Å². The number of aromatic nitrogens is 2. The molecule has 0 saturated heterocycles. The standard InChI is InChI=1S/C33H34N2O2/c1-20(2)29-19-28(24-10-8-7-9-11-24)26-13-12-23(16-31(26)34-29)14-22(4)30-15-21(3)27-17-25(36-5)18-32(37-6)33(27)35-30/h7-13,15-20,22H,14H2,1-6H3/t22-/m1/s1. The Morgan fingerprint density at radius 1 is 0.757 bits per heavy atom. The number of rotatable bonds is 7. The molecule has 0 unspecified atom stereocenters. The second-order valence-corrected chi connectivity index (χ2v) is 10.2. The molecule has 5 aromatic rings. The smallest absolute Gasteiger partial charge is 0.148 e. The normalized spacial score (nSPS) is 12.3. The number of hydrogen-bond acceptors (Lipinski definition) is 4. The van der Waals surface area contributed by atoms with Crippen molar-refractivity contribution in [3.8, 4) is 22.6 Å². The Kier molecular flexibility index (Phi) is 6.84. The van der Waals surface area contributed by atoms with Gasteiger partial charge < -0.3 is 9.47 Å². The fraction of sp³-hybridized carbons (Fsp3) is 0.273. The molecule has 1 atom stereocenters. The Morgan fingerprint density at radius 2 is 1.54 bits per heavy atom. The molecule has 0 radical (unpaired) electrons. The first kappa shape index (κ1) is 24.8. The van der Waals surface area contributed by atoms with Crippen molar-refractivity contribution in [3.05, 3.63) is 95.3 Å². The van der Waals surface area contributed by atoms with Crippen LogP contribution in [0.25, 0.3) is 32.9 Å². The molecule has 4 nitrogen and oxygen atoms in total. The molecule has 0 bridgehead atoms. The molecule has 0 aliphatic rings. The van der Waals surface area contributed by atoms with Crippen molar-refractivity contribution in [1.82, 2.24) is 9.97 Å². The van der Waals surface area contributed by atoms with E-state index in [4.69, 9.17) is 19.4 Å². The summed E-state index contributed by atoms with van der Waals surface area (Å²) in [5.74, 6) is 2.09. The van der Waals surface area contributed by atoms with Crippen molar-refractivity contribution >= 4 is 21.8 Å². The quantitative estimate of drug-likeness (QED) is 0.230. The summed E-state index contributed by atoms with van der Waals surface area (Å²) in [5.41, 5.74) is 8.98. The molecule has 3 aromatic carbocycles. The predicted octanol–water partition coefficient (Wildman–Crippen LogP) is 8.25. The molecule has 0 amide bonds. The van der Waals surface area contributed by atoms with Crippen LogP contribution in [0.5, 0.6) is 11.5 Å². The Morgan fingerprint density at radius 3 is 2.24 bits per heavy atom. The van der Waals surface area contributed by atoms with Gasteiger partial charge in [0.1, 0.15) is 17.0 Å². The van der Waals surface area contributed by atoms with Gasteiger partial charge >= 0.3 is 0 Å². The van der Waals surface area contributed by atoms with E-state index < -0.39 is 0 Å². The van der Waals surface area contributed by atoms with Crippen LogP contribution in [0.15, 0.2) is 72.8 Å². The zero-order valence-corrected chi connectivity index (χ0v) is 22.5. The maximum atomic E-state index is 5.65. The molecule has 0 saturated carbocycles. The molecule has 0 aliphatic carbocycles. The van der Waals surface area contributed by atoms with Crippen LogP contribution in [-0.4, -0.2) is 24.2 Å². The van der Waals surface area contributed by atoms with Gasteiger partial charge in [0, 0.05) is 34.1 Å². The second-order valence-electron chi connectivity index (χ2n) is 10.2. The van der Waals surface area contributed by atoms with Crippen LogP contribution in [0, 0.1) is 6.92 Å². The molecule has 5 rings (SSSR count). The molecule has 4 heteroatoms. The van der Waals surface area contributed by atoms with Crippen molar-refractivity contribution in [2.24, 2.45) is 0 Å². The van der Waals surface area contributed by atoms with Gasteiger partial charge in [-0.1, -0.05) is 63.2 Å². The van der Waals surface area contributed by atoms with Gasteiger partial charge in [0.2, 0.25) is 0 Å². The number of methoxy groups -OCH3 is 2. The molecule has 188 valence electrons. The van der Waals surface area contributed by atoms with Gasteiger partial charge in [0.05, 0.1) is 19.7 Å². The number of fused-ring (bicyclic) bond motifs is 2. The Hall–Kier alpha value is -3.92. The zero-order valence-electron chi connectivity index (χ0n) is 22.5.